The van der Waals surface area contributed by atoms with Crippen LogP contribution in [0.25, 0.3) is 0 Å². The lowest BCUT2D eigenvalue weighted by Gasteiger charge is -2.17. The number of benzene rings is 1. The first-order valence-electron chi connectivity index (χ1n) is 5.40. The molecule has 0 fully saturated rings. The summed E-state index contributed by atoms with van der Waals surface area (Å²) < 4.78 is 0. The Labute approximate surface area is 92.5 Å². The van der Waals surface area contributed by atoms with Gasteiger partial charge in [-0.2, -0.15) is 0 Å². The molecule has 1 aromatic carbocycles. The predicted octanol–water partition coefficient (Wildman–Crippen LogP) is 1.94. The predicted molar refractivity (Wildman–Crippen MR) is 65.8 cm³/mol. The summed E-state index contributed by atoms with van der Waals surface area (Å²) in [6, 6.07) is 10.6. The average molecular weight is 207 g/mol. The first kappa shape index (κ1) is 12.0. The third-order valence-electron chi connectivity index (χ3n) is 2.25. The van der Waals surface area contributed by atoms with Gasteiger partial charge in [0.25, 0.3) is 0 Å². The zero-order valence-electron chi connectivity index (χ0n) is 9.83. The highest BCUT2D eigenvalue weighted by molar-refractivity contribution is 5.41. The van der Waals surface area contributed by atoms with Crippen LogP contribution in [-0.4, -0.2) is 31.6 Å². The molecular formula is C12H21N3. The van der Waals surface area contributed by atoms with Crippen LogP contribution in [0, 0.1) is 0 Å². The van der Waals surface area contributed by atoms with E-state index in [1.165, 1.54) is 0 Å². The molecule has 3 heteroatoms. The van der Waals surface area contributed by atoms with Gasteiger partial charge < -0.3 is 10.3 Å². The molecule has 15 heavy (non-hydrogen) atoms. The zero-order valence-corrected chi connectivity index (χ0v) is 9.83. The van der Waals surface area contributed by atoms with Crippen LogP contribution in [-0.2, 0) is 0 Å². The molecule has 0 aliphatic rings. The molecule has 0 aromatic heterocycles. The molecule has 3 nitrogen and oxygen atoms in total. The van der Waals surface area contributed by atoms with Crippen LogP contribution in [0.2, 0.25) is 0 Å². The number of hydrogen-bond donors (Lipinski definition) is 2. The van der Waals surface area contributed by atoms with Crippen LogP contribution >= 0.6 is 0 Å². The molecule has 0 saturated carbocycles. The third kappa shape index (κ3) is 5.40. The molecule has 84 valence electrons. The van der Waals surface area contributed by atoms with E-state index in [1.807, 2.05) is 30.3 Å². The lowest BCUT2D eigenvalue weighted by atomic mass is 10.2. The summed E-state index contributed by atoms with van der Waals surface area (Å²) in [5, 5.41) is 0. The number of anilines is 1. The summed E-state index contributed by atoms with van der Waals surface area (Å²) in [4.78, 5) is 2.20. The van der Waals surface area contributed by atoms with Gasteiger partial charge >= 0.3 is 0 Å². The molecule has 0 aliphatic heterocycles. The van der Waals surface area contributed by atoms with E-state index in [-0.39, 0.29) is 0 Å². The Morgan fingerprint density at radius 1 is 1.20 bits per heavy atom. The number of para-hydroxylation sites is 1. The molecule has 1 aromatic rings. The van der Waals surface area contributed by atoms with E-state index in [9.17, 15) is 0 Å². The molecule has 0 heterocycles. The van der Waals surface area contributed by atoms with E-state index in [0.717, 1.165) is 18.7 Å². The molecular weight excluding hydrogens is 186 g/mol. The maximum atomic E-state index is 3.28. The Morgan fingerprint density at radius 2 is 1.87 bits per heavy atom. The Bertz CT molecular complexity index is 259. The molecule has 0 spiro atoms. The summed E-state index contributed by atoms with van der Waals surface area (Å²) in [7, 11) is 4.19. The summed E-state index contributed by atoms with van der Waals surface area (Å²) in [6.07, 6.45) is 1.13. The van der Waals surface area contributed by atoms with Gasteiger partial charge in [-0.05, 0) is 46.1 Å². The minimum absolute atomic E-state index is 0.465. The second-order valence-electron chi connectivity index (χ2n) is 4.13. The summed E-state index contributed by atoms with van der Waals surface area (Å²) in [6.45, 7) is 3.28. The topological polar surface area (TPSA) is 27.3 Å². The smallest absolute Gasteiger partial charge is 0.0487 e. The Morgan fingerprint density at radius 3 is 2.47 bits per heavy atom. The summed E-state index contributed by atoms with van der Waals surface area (Å²) >= 11 is 0. The van der Waals surface area contributed by atoms with Gasteiger partial charge in [-0.25, -0.2) is 5.43 Å². The number of rotatable bonds is 6. The van der Waals surface area contributed by atoms with Crippen LogP contribution in [0.3, 0.4) is 0 Å². The van der Waals surface area contributed by atoms with E-state index < -0.39 is 0 Å². The van der Waals surface area contributed by atoms with Gasteiger partial charge in [0.05, 0.1) is 0 Å². The number of nitrogens with zero attached hydrogens (tertiary/aromatic N) is 1. The van der Waals surface area contributed by atoms with Gasteiger partial charge in [0.2, 0.25) is 0 Å². The molecule has 0 bridgehead atoms. The van der Waals surface area contributed by atoms with Crippen molar-refractivity contribution in [1.82, 2.24) is 10.3 Å². The van der Waals surface area contributed by atoms with Crippen molar-refractivity contribution in [2.45, 2.75) is 19.4 Å². The van der Waals surface area contributed by atoms with Gasteiger partial charge in [-0.1, -0.05) is 18.2 Å². The van der Waals surface area contributed by atoms with Gasteiger partial charge in [0.15, 0.2) is 0 Å². The molecule has 1 rings (SSSR count). The van der Waals surface area contributed by atoms with E-state index in [2.05, 4.69) is 36.8 Å². The summed E-state index contributed by atoms with van der Waals surface area (Å²) in [5.74, 6) is 0. The Hall–Kier alpha value is -1.06. The lowest BCUT2D eigenvalue weighted by molar-refractivity contribution is 0.373. The molecule has 1 atom stereocenters. The minimum atomic E-state index is 0.465. The largest absolute Gasteiger partial charge is 0.321 e. The number of nitrogens with one attached hydrogen (secondary N) is 2. The highest BCUT2D eigenvalue weighted by Gasteiger charge is 2.00. The molecule has 0 aliphatic carbocycles. The molecule has 0 amide bonds. The van der Waals surface area contributed by atoms with Crippen LogP contribution in [0.1, 0.15) is 13.3 Å². The van der Waals surface area contributed by atoms with Crippen LogP contribution in [0.15, 0.2) is 30.3 Å². The summed E-state index contributed by atoms with van der Waals surface area (Å²) in [5.41, 5.74) is 7.58. The fraction of sp³-hybridized carbons (Fsp3) is 0.500. The Balaban J connectivity index is 2.19. The quantitative estimate of drug-likeness (QED) is 0.698. The molecule has 0 radical (unpaired) electrons. The molecule has 0 saturated heterocycles. The fourth-order valence-electron chi connectivity index (χ4n) is 1.25. The average Bonchev–Trinajstić information content (AvgIpc) is 2.25. The van der Waals surface area contributed by atoms with Crippen molar-refractivity contribution in [2.24, 2.45) is 0 Å². The van der Waals surface area contributed by atoms with Gasteiger partial charge in [-0.15, -0.1) is 0 Å². The number of hydrogen-bond acceptors (Lipinski definition) is 3. The number of hydrazine groups is 1. The van der Waals surface area contributed by atoms with Crippen molar-refractivity contribution in [3.8, 4) is 0 Å². The molecule has 1 unspecified atom stereocenters. The highest BCUT2D eigenvalue weighted by atomic mass is 15.4. The van der Waals surface area contributed by atoms with E-state index in [4.69, 9.17) is 0 Å². The SMILES string of the molecule is CC(CCN(C)C)NNc1ccccc1. The molecule has 2 N–H and O–H groups in total. The van der Waals surface area contributed by atoms with Crippen molar-refractivity contribution in [3.05, 3.63) is 30.3 Å². The van der Waals surface area contributed by atoms with Crippen molar-refractivity contribution in [2.75, 3.05) is 26.1 Å². The van der Waals surface area contributed by atoms with Gasteiger partial charge in [0, 0.05) is 11.7 Å². The third-order valence-corrected chi connectivity index (χ3v) is 2.25. The van der Waals surface area contributed by atoms with E-state index >= 15 is 0 Å². The van der Waals surface area contributed by atoms with E-state index in [0.29, 0.717) is 6.04 Å². The minimum Gasteiger partial charge on any atom is -0.321 e. The monoisotopic (exact) mass is 207 g/mol. The van der Waals surface area contributed by atoms with Crippen molar-refractivity contribution >= 4 is 5.69 Å². The lowest BCUT2D eigenvalue weighted by Crippen LogP contribution is -2.34. The standard InChI is InChI=1S/C12H21N3/c1-11(9-10-15(2)3)13-14-12-7-5-4-6-8-12/h4-8,11,13-14H,9-10H2,1-3H3. The van der Waals surface area contributed by atoms with Crippen molar-refractivity contribution in [3.63, 3.8) is 0 Å². The zero-order chi connectivity index (χ0) is 11.1. The second kappa shape index (κ2) is 6.43. The highest BCUT2D eigenvalue weighted by Crippen LogP contribution is 2.03. The van der Waals surface area contributed by atoms with E-state index in [1.54, 1.807) is 0 Å². The first-order chi connectivity index (χ1) is 7.18. The first-order valence-corrected chi connectivity index (χ1v) is 5.40. The maximum Gasteiger partial charge on any atom is 0.0487 e. The van der Waals surface area contributed by atoms with Gasteiger partial charge in [-0.3, -0.25) is 0 Å². The Kier molecular flexibility index (Phi) is 5.15. The second-order valence-corrected chi connectivity index (χ2v) is 4.13. The van der Waals surface area contributed by atoms with Crippen LogP contribution in [0.4, 0.5) is 5.69 Å². The van der Waals surface area contributed by atoms with Crippen LogP contribution in [0.5, 0.6) is 0 Å². The normalized spacial score (nSPS) is 12.8. The van der Waals surface area contributed by atoms with Gasteiger partial charge in [0.1, 0.15) is 0 Å². The van der Waals surface area contributed by atoms with Crippen LogP contribution < -0.4 is 10.9 Å². The fourth-order valence-corrected chi connectivity index (χ4v) is 1.25. The maximum absolute atomic E-state index is 3.28. The van der Waals surface area contributed by atoms with Crippen molar-refractivity contribution < 1.29 is 0 Å². The van der Waals surface area contributed by atoms with Crippen molar-refractivity contribution in [1.29, 1.82) is 0 Å².